The Morgan fingerprint density at radius 1 is 1.21 bits per heavy atom. The minimum atomic E-state index is 0. The van der Waals surface area contributed by atoms with Crippen molar-refractivity contribution < 1.29 is 0 Å². The summed E-state index contributed by atoms with van der Waals surface area (Å²) in [7, 11) is 0. The normalized spacial score (nSPS) is 14.9. The Morgan fingerprint density at radius 3 is 2.54 bits per heavy atom. The summed E-state index contributed by atoms with van der Waals surface area (Å²) in [6, 6.07) is 8.86. The van der Waals surface area contributed by atoms with E-state index in [9.17, 15) is 0 Å². The molecule has 1 saturated heterocycles. The molecule has 0 aromatic heterocycles. The number of nitrogens with zero attached hydrogens (tertiary/aromatic N) is 2. The Morgan fingerprint density at radius 2 is 1.92 bits per heavy atom. The zero-order valence-electron chi connectivity index (χ0n) is 14.6. The molecule has 2 rings (SSSR count). The molecule has 4 nitrogen and oxygen atoms in total. The lowest BCUT2D eigenvalue weighted by Crippen LogP contribution is -2.38. The molecule has 0 aliphatic carbocycles. The third kappa shape index (κ3) is 7.74. The molecule has 7 heteroatoms. The summed E-state index contributed by atoms with van der Waals surface area (Å²) in [6.45, 7) is 6.95. The van der Waals surface area contributed by atoms with Crippen LogP contribution in [-0.2, 0) is 6.54 Å². The Kier molecular flexibility index (Phi) is 11.8. The average Bonchev–Trinajstić information content (AvgIpc) is 2.61. The second kappa shape index (κ2) is 13.0. The highest BCUT2D eigenvalue weighted by Crippen LogP contribution is 2.20. The fourth-order valence-corrected chi connectivity index (χ4v) is 3.63. The van der Waals surface area contributed by atoms with Gasteiger partial charge in [-0.05, 0) is 30.9 Å². The molecular weight excluding hydrogens is 451 g/mol. The number of hydrogen-bond acceptors (Lipinski definition) is 4. The maximum atomic E-state index is 4.67. The maximum absolute atomic E-state index is 4.67. The smallest absolute Gasteiger partial charge is 0.191 e. The lowest BCUT2D eigenvalue weighted by atomic mass is 10.2. The van der Waals surface area contributed by atoms with Crippen LogP contribution in [0.4, 0.5) is 5.69 Å². The van der Waals surface area contributed by atoms with Gasteiger partial charge in [0.1, 0.15) is 0 Å². The van der Waals surface area contributed by atoms with Crippen molar-refractivity contribution >= 4 is 59.1 Å². The first-order valence-corrected chi connectivity index (χ1v) is 10.8. The van der Waals surface area contributed by atoms with Gasteiger partial charge in [-0.3, -0.25) is 0 Å². The summed E-state index contributed by atoms with van der Waals surface area (Å²) in [4.78, 5) is 7.14. The van der Waals surface area contributed by atoms with E-state index in [4.69, 9.17) is 0 Å². The molecular formula is C17H29IN4S2. The quantitative estimate of drug-likeness (QED) is 0.271. The van der Waals surface area contributed by atoms with E-state index < -0.39 is 0 Å². The Bertz CT molecular complexity index is 476. The number of anilines is 1. The Hall–Kier alpha value is -0.280. The molecule has 1 aliphatic rings. The molecule has 0 saturated carbocycles. The van der Waals surface area contributed by atoms with Crippen LogP contribution in [0.1, 0.15) is 12.5 Å². The molecule has 0 atom stereocenters. The van der Waals surface area contributed by atoms with Gasteiger partial charge in [0.05, 0.1) is 6.54 Å². The molecule has 0 spiro atoms. The number of rotatable bonds is 7. The van der Waals surface area contributed by atoms with Gasteiger partial charge in [0.15, 0.2) is 5.96 Å². The van der Waals surface area contributed by atoms with Crippen molar-refractivity contribution in [1.82, 2.24) is 10.6 Å². The van der Waals surface area contributed by atoms with E-state index in [2.05, 4.69) is 58.0 Å². The molecule has 1 aliphatic heterocycles. The summed E-state index contributed by atoms with van der Waals surface area (Å²) >= 11 is 3.89. The van der Waals surface area contributed by atoms with Crippen LogP contribution in [0.3, 0.4) is 0 Å². The van der Waals surface area contributed by atoms with Crippen molar-refractivity contribution in [1.29, 1.82) is 0 Å². The molecule has 136 valence electrons. The van der Waals surface area contributed by atoms with Gasteiger partial charge in [0.2, 0.25) is 0 Å². The number of nitrogens with one attached hydrogen (secondary N) is 2. The zero-order chi connectivity index (χ0) is 16.3. The van der Waals surface area contributed by atoms with Crippen LogP contribution >= 0.6 is 47.5 Å². The van der Waals surface area contributed by atoms with Crippen LogP contribution in [0.25, 0.3) is 0 Å². The topological polar surface area (TPSA) is 39.7 Å². The fourth-order valence-electron chi connectivity index (χ4n) is 2.42. The van der Waals surface area contributed by atoms with Crippen molar-refractivity contribution in [3.63, 3.8) is 0 Å². The number of hydrogen-bond donors (Lipinski definition) is 2. The third-order valence-corrected chi connectivity index (χ3v) is 5.23. The minimum absolute atomic E-state index is 0. The number of halogens is 1. The summed E-state index contributed by atoms with van der Waals surface area (Å²) < 4.78 is 0. The number of guanidine groups is 1. The third-order valence-electron chi connectivity index (χ3n) is 3.68. The number of benzene rings is 1. The first-order chi connectivity index (χ1) is 11.3. The van der Waals surface area contributed by atoms with E-state index in [1.54, 1.807) is 0 Å². The molecule has 2 N–H and O–H groups in total. The van der Waals surface area contributed by atoms with Gasteiger partial charge in [0, 0.05) is 49.1 Å². The first kappa shape index (κ1) is 21.8. The first-order valence-electron chi connectivity index (χ1n) is 8.26. The van der Waals surface area contributed by atoms with Crippen molar-refractivity contribution in [2.45, 2.75) is 13.5 Å². The van der Waals surface area contributed by atoms with Gasteiger partial charge < -0.3 is 15.5 Å². The van der Waals surface area contributed by atoms with E-state index in [-0.39, 0.29) is 24.0 Å². The summed E-state index contributed by atoms with van der Waals surface area (Å²) in [6.07, 6.45) is 2.12. The zero-order valence-corrected chi connectivity index (χ0v) is 18.5. The lowest BCUT2D eigenvalue weighted by molar-refractivity contribution is 0.842. The molecule has 24 heavy (non-hydrogen) atoms. The van der Waals surface area contributed by atoms with Crippen LogP contribution in [0.15, 0.2) is 29.3 Å². The van der Waals surface area contributed by atoms with Crippen LogP contribution in [0, 0.1) is 0 Å². The Labute approximate surface area is 172 Å². The molecule has 1 heterocycles. The molecule has 0 amide bonds. The fraction of sp³-hybridized carbons (Fsp3) is 0.588. The van der Waals surface area contributed by atoms with Crippen molar-refractivity contribution in [2.75, 3.05) is 54.6 Å². The van der Waals surface area contributed by atoms with E-state index in [1.807, 2.05) is 23.5 Å². The van der Waals surface area contributed by atoms with Gasteiger partial charge in [-0.15, -0.1) is 24.0 Å². The standard InChI is InChI=1S/C17H28N4S2.HI/c1-3-18-17(19-8-11-22-2)20-14-15-4-6-16(7-5-15)21-9-12-23-13-10-21;/h4-7H,3,8-14H2,1-2H3,(H2,18,19,20);1H. The SMILES string of the molecule is CCNC(=NCc1ccc(N2CCSCC2)cc1)NCCSC.I. The van der Waals surface area contributed by atoms with Gasteiger partial charge in [0.25, 0.3) is 0 Å². The van der Waals surface area contributed by atoms with Gasteiger partial charge in [-0.1, -0.05) is 12.1 Å². The van der Waals surface area contributed by atoms with Gasteiger partial charge >= 0.3 is 0 Å². The largest absolute Gasteiger partial charge is 0.370 e. The lowest BCUT2D eigenvalue weighted by Gasteiger charge is -2.28. The highest BCUT2D eigenvalue weighted by Gasteiger charge is 2.10. The van der Waals surface area contributed by atoms with E-state index >= 15 is 0 Å². The summed E-state index contributed by atoms with van der Waals surface area (Å²) in [5, 5.41) is 6.66. The van der Waals surface area contributed by atoms with Crippen LogP contribution < -0.4 is 15.5 Å². The van der Waals surface area contributed by atoms with Gasteiger partial charge in [-0.25, -0.2) is 4.99 Å². The number of thioether (sulfide) groups is 2. The molecule has 1 aromatic rings. The highest BCUT2D eigenvalue weighted by molar-refractivity contribution is 14.0. The monoisotopic (exact) mass is 480 g/mol. The summed E-state index contributed by atoms with van der Waals surface area (Å²) in [5.41, 5.74) is 2.59. The second-order valence-corrected chi connectivity index (χ2v) is 7.59. The number of aliphatic imine (C=N–C) groups is 1. The minimum Gasteiger partial charge on any atom is -0.370 e. The molecule has 0 bridgehead atoms. The molecule has 0 radical (unpaired) electrons. The molecule has 1 aromatic carbocycles. The van der Waals surface area contributed by atoms with Crippen molar-refractivity contribution in [2.24, 2.45) is 4.99 Å². The van der Waals surface area contributed by atoms with Crippen LogP contribution in [0.2, 0.25) is 0 Å². The molecule has 1 fully saturated rings. The van der Waals surface area contributed by atoms with Crippen LogP contribution in [-0.4, -0.2) is 55.7 Å². The maximum Gasteiger partial charge on any atom is 0.191 e. The van der Waals surface area contributed by atoms with Gasteiger partial charge in [-0.2, -0.15) is 23.5 Å². The van der Waals surface area contributed by atoms with Crippen LogP contribution in [0.5, 0.6) is 0 Å². The van der Waals surface area contributed by atoms with Crippen molar-refractivity contribution in [3.05, 3.63) is 29.8 Å². The second-order valence-electron chi connectivity index (χ2n) is 5.38. The highest BCUT2D eigenvalue weighted by atomic mass is 127. The van der Waals surface area contributed by atoms with E-state index in [0.29, 0.717) is 6.54 Å². The van der Waals surface area contributed by atoms with E-state index in [0.717, 1.165) is 37.9 Å². The van der Waals surface area contributed by atoms with E-state index in [1.165, 1.54) is 22.8 Å². The Balaban J connectivity index is 0.00000288. The predicted molar refractivity (Wildman–Crippen MR) is 123 cm³/mol. The average molecular weight is 480 g/mol. The van der Waals surface area contributed by atoms with Crippen molar-refractivity contribution in [3.8, 4) is 0 Å². The summed E-state index contributed by atoms with van der Waals surface area (Å²) in [5.74, 6) is 4.46. The molecule has 0 unspecified atom stereocenters. The predicted octanol–water partition coefficient (Wildman–Crippen LogP) is 3.28.